The van der Waals surface area contributed by atoms with Gasteiger partial charge in [0.25, 0.3) is 5.91 Å². The van der Waals surface area contributed by atoms with Crippen molar-refractivity contribution < 1.29 is 9.90 Å². The smallest absolute Gasteiger partial charge is 0.253 e. The second kappa shape index (κ2) is 6.06. The Kier molecular flexibility index (Phi) is 4.43. The Morgan fingerprint density at radius 2 is 2.11 bits per heavy atom. The van der Waals surface area contributed by atoms with Crippen molar-refractivity contribution in [3.63, 3.8) is 0 Å². The van der Waals surface area contributed by atoms with Crippen molar-refractivity contribution in [1.82, 2.24) is 4.90 Å². The summed E-state index contributed by atoms with van der Waals surface area (Å²) in [7, 11) is 0. The second-order valence-electron chi connectivity index (χ2n) is 5.31. The van der Waals surface area contributed by atoms with Crippen LogP contribution in [0.5, 0.6) is 5.75 Å². The number of benzene rings is 1. The lowest BCUT2D eigenvalue weighted by molar-refractivity contribution is 0.0688. The fraction of sp³-hybridized carbons (Fsp3) is 0.533. The van der Waals surface area contributed by atoms with E-state index < -0.39 is 0 Å². The number of aromatic hydroxyl groups is 1. The molecule has 0 radical (unpaired) electrons. The Bertz CT molecular complexity index is 451. The Balaban J connectivity index is 1.99. The van der Waals surface area contributed by atoms with E-state index in [4.69, 9.17) is 5.73 Å². The molecule has 2 rings (SSSR count). The molecule has 1 fully saturated rings. The fourth-order valence-electron chi connectivity index (χ4n) is 2.63. The van der Waals surface area contributed by atoms with Gasteiger partial charge in [0.15, 0.2) is 0 Å². The van der Waals surface area contributed by atoms with Crippen LogP contribution in [0.3, 0.4) is 0 Å². The number of nitrogens with zero attached hydrogens (tertiary/aromatic N) is 1. The largest absolute Gasteiger partial charge is 0.508 e. The molecule has 1 aliphatic rings. The summed E-state index contributed by atoms with van der Waals surface area (Å²) < 4.78 is 0. The summed E-state index contributed by atoms with van der Waals surface area (Å²) in [6.07, 6.45) is 3.14. The van der Waals surface area contributed by atoms with Gasteiger partial charge < -0.3 is 15.7 Å². The molecule has 0 unspecified atom stereocenters. The standard InChI is InChI=1S/C15H22N2O2/c1-11-10-13(2-3-14(11)18)15(19)17-8-5-12(4-7-16)6-9-17/h2-3,10,12,18H,4-9,16H2,1H3. The number of carbonyl (C=O) groups excluding carboxylic acids is 1. The third kappa shape index (κ3) is 3.26. The Hall–Kier alpha value is -1.55. The highest BCUT2D eigenvalue weighted by atomic mass is 16.3. The van der Waals surface area contributed by atoms with E-state index >= 15 is 0 Å². The van der Waals surface area contributed by atoms with E-state index in [9.17, 15) is 9.90 Å². The molecule has 0 spiro atoms. The van der Waals surface area contributed by atoms with Crippen molar-refractivity contribution in [3.05, 3.63) is 29.3 Å². The van der Waals surface area contributed by atoms with Crippen LogP contribution in [0.4, 0.5) is 0 Å². The first-order chi connectivity index (χ1) is 9.11. The summed E-state index contributed by atoms with van der Waals surface area (Å²) in [6, 6.07) is 5.03. The number of aryl methyl sites for hydroxylation is 1. The first-order valence-corrected chi connectivity index (χ1v) is 6.90. The quantitative estimate of drug-likeness (QED) is 0.874. The van der Waals surface area contributed by atoms with Crippen LogP contribution >= 0.6 is 0 Å². The lowest BCUT2D eigenvalue weighted by Crippen LogP contribution is -2.38. The number of carbonyl (C=O) groups is 1. The van der Waals surface area contributed by atoms with E-state index in [0.29, 0.717) is 11.5 Å². The SMILES string of the molecule is Cc1cc(C(=O)N2CCC(CCN)CC2)ccc1O. The highest BCUT2D eigenvalue weighted by Crippen LogP contribution is 2.23. The average molecular weight is 262 g/mol. The lowest BCUT2D eigenvalue weighted by atomic mass is 9.93. The lowest BCUT2D eigenvalue weighted by Gasteiger charge is -2.32. The molecule has 1 heterocycles. The molecular formula is C15H22N2O2. The maximum Gasteiger partial charge on any atom is 0.253 e. The van der Waals surface area contributed by atoms with Gasteiger partial charge in [-0.3, -0.25) is 4.79 Å². The molecule has 3 N–H and O–H groups in total. The molecule has 0 saturated carbocycles. The van der Waals surface area contributed by atoms with E-state index in [1.807, 2.05) is 4.90 Å². The van der Waals surface area contributed by atoms with Gasteiger partial charge in [-0.1, -0.05) is 0 Å². The fourth-order valence-corrected chi connectivity index (χ4v) is 2.63. The first kappa shape index (κ1) is 13.9. The minimum Gasteiger partial charge on any atom is -0.508 e. The summed E-state index contributed by atoms with van der Waals surface area (Å²) in [6.45, 7) is 4.15. The highest BCUT2D eigenvalue weighted by molar-refractivity contribution is 5.94. The summed E-state index contributed by atoms with van der Waals surface area (Å²) >= 11 is 0. The highest BCUT2D eigenvalue weighted by Gasteiger charge is 2.23. The molecule has 0 atom stereocenters. The maximum absolute atomic E-state index is 12.3. The van der Waals surface area contributed by atoms with E-state index in [2.05, 4.69) is 0 Å². The van der Waals surface area contributed by atoms with Gasteiger partial charge in [0, 0.05) is 18.7 Å². The van der Waals surface area contributed by atoms with Crippen molar-refractivity contribution in [2.75, 3.05) is 19.6 Å². The maximum atomic E-state index is 12.3. The normalized spacial score (nSPS) is 16.6. The monoisotopic (exact) mass is 262 g/mol. The number of hydrogen-bond donors (Lipinski definition) is 2. The minimum absolute atomic E-state index is 0.0642. The van der Waals surface area contributed by atoms with Gasteiger partial charge in [0.1, 0.15) is 5.75 Å². The third-order valence-corrected chi connectivity index (χ3v) is 3.92. The van der Waals surface area contributed by atoms with E-state index in [1.54, 1.807) is 25.1 Å². The van der Waals surface area contributed by atoms with Crippen LogP contribution in [0.2, 0.25) is 0 Å². The van der Waals surface area contributed by atoms with Crippen LogP contribution in [0.25, 0.3) is 0 Å². The molecule has 0 aromatic heterocycles. The Labute approximate surface area is 114 Å². The van der Waals surface area contributed by atoms with Crippen LogP contribution in [-0.4, -0.2) is 35.5 Å². The summed E-state index contributed by atoms with van der Waals surface area (Å²) in [5.41, 5.74) is 6.97. The van der Waals surface area contributed by atoms with Gasteiger partial charge >= 0.3 is 0 Å². The van der Waals surface area contributed by atoms with Crippen molar-refractivity contribution in [1.29, 1.82) is 0 Å². The van der Waals surface area contributed by atoms with Crippen LogP contribution in [0.1, 0.15) is 35.2 Å². The summed E-state index contributed by atoms with van der Waals surface area (Å²) in [4.78, 5) is 14.2. The number of rotatable bonds is 3. The van der Waals surface area contributed by atoms with Gasteiger partial charge in [0.05, 0.1) is 0 Å². The molecule has 1 aromatic carbocycles. The molecule has 1 amide bonds. The molecule has 104 valence electrons. The number of phenols is 1. The second-order valence-corrected chi connectivity index (χ2v) is 5.31. The molecule has 1 saturated heterocycles. The zero-order chi connectivity index (χ0) is 13.8. The summed E-state index contributed by atoms with van der Waals surface area (Å²) in [5, 5.41) is 9.49. The van der Waals surface area contributed by atoms with Crippen molar-refractivity contribution >= 4 is 5.91 Å². The Morgan fingerprint density at radius 3 is 2.68 bits per heavy atom. The van der Waals surface area contributed by atoms with Crippen LogP contribution in [0, 0.1) is 12.8 Å². The minimum atomic E-state index is 0.0642. The van der Waals surface area contributed by atoms with Crippen LogP contribution in [0.15, 0.2) is 18.2 Å². The predicted octanol–water partition coefficient (Wildman–Crippen LogP) is 1.90. The van der Waals surface area contributed by atoms with Gasteiger partial charge in [-0.15, -0.1) is 0 Å². The topological polar surface area (TPSA) is 66.6 Å². The number of piperidine rings is 1. The number of hydrogen-bond acceptors (Lipinski definition) is 3. The first-order valence-electron chi connectivity index (χ1n) is 6.90. The zero-order valence-corrected chi connectivity index (χ0v) is 11.4. The number of phenolic OH excluding ortho intramolecular Hbond substituents is 1. The van der Waals surface area contributed by atoms with E-state index in [1.165, 1.54) is 0 Å². The average Bonchev–Trinajstić information content (AvgIpc) is 2.42. The predicted molar refractivity (Wildman–Crippen MR) is 75.1 cm³/mol. The van der Waals surface area contributed by atoms with Gasteiger partial charge in [-0.2, -0.15) is 0 Å². The van der Waals surface area contributed by atoms with Gasteiger partial charge in [0.2, 0.25) is 0 Å². The number of likely N-dealkylation sites (tertiary alicyclic amines) is 1. The van der Waals surface area contributed by atoms with Gasteiger partial charge in [-0.05, 0) is 62.4 Å². The molecule has 1 aliphatic heterocycles. The van der Waals surface area contributed by atoms with Crippen molar-refractivity contribution in [2.45, 2.75) is 26.2 Å². The van der Waals surface area contributed by atoms with Crippen LogP contribution < -0.4 is 5.73 Å². The van der Waals surface area contributed by atoms with Gasteiger partial charge in [-0.25, -0.2) is 0 Å². The summed E-state index contributed by atoms with van der Waals surface area (Å²) in [5.74, 6) is 0.961. The molecule has 19 heavy (non-hydrogen) atoms. The molecule has 0 aliphatic carbocycles. The molecule has 1 aromatic rings. The third-order valence-electron chi connectivity index (χ3n) is 3.92. The molecular weight excluding hydrogens is 240 g/mol. The molecule has 4 heteroatoms. The molecule has 0 bridgehead atoms. The zero-order valence-electron chi connectivity index (χ0n) is 11.4. The number of nitrogens with two attached hydrogens (primary N) is 1. The van der Waals surface area contributed by atoms with Crippen molar-refractivity contribution in [2.24, 2.45) is 11.7 Å². The van der Waals surface area contributed by atoms with E-state index in [-0.39, 0.29) is 11.7 Å². The number of amides is 1. The van der Waals surface area contributed by atoms with E-state index in [0.717, 1.165) is 44.5 Å². The van der Waals surface area contributed by atoms with Crippen molar-refractivity contribution in [3.8, 4) is 5.75 Å². The molecule has 4 nitrogen and oxygen atoms in total. The Morgan fingerprint density at radius 1 is 1.42 bits per heavy atom. The van der Waals surface area contributed by atoms with Crippen LogP contribution in [-0.2, 0) is 0 Å².